The van der Waals surface area contributed by atoms with Gasteiger partial charge in [-0.2, -0.15) is 0 Å². The predicted molar refractivity (Wildman–Crippen MR) is 360 cm³/mol. The lowest BCUT2D eigenvalue weighted by atomic mass is 10.1. The smallest absolute Gasteiger partial charge is 0.348 e. The van der Waals surface area contributed by atoms with Crippen LogP contribution in [0.1, 0.15) is 340 Å². The number of amides is 1. The van der Waals surface area contributed by atoms with Crippen molar-refractivity contribution in [2.75, 3.05) is 53.6 Å². The molecule has 0 N–H and O–H groups in total. The Kier molecular flexibility index (Phi) is 71.3. The molecule has 0 aromatic carbocycles. The Labute approximate surface area is 544 Å². The molecular formula is C72H138N2O15. The summed E-state index contributed by atoms with van der Waals surface area (Å²) in [7, 11) is 3.74. The maximum absolute atomic E-state index is 14.4. The molecule has 0 fully saturated rings. The number of unbranched alkanes of at least 4 members (excludes halogenated alkanes) is 24. The predicted octanol–water partition coefficient (Wildman–Crippen LogP) is 17.5. The SMILES string of the molecule is CC.CC.CCCCCC.CCCCCCCCCCOC(=O)CC(OC(=O)CCCCC)C(=O)OCC(COC(=O)C(CC(=O)OCCCCCCCCCC)OC(=O)CCCCC)N(CCCN(C)C)C(=O)CCC(=O)OC(CCC)CCCCCC. The van der Waals surface area contributed by atoms with Gasteiger partial charge in [0.15, 0.2) is 0 Å². The van der Waals surface area contributed by atoms with Crippen LogP contribution in [0.4, 0.5) is 0 Å². The van der Waals surface area contributed by atoms with Crippen LogP contribution in [0, 0.1) is 0 Å². The minimum Gasteiger partial charge on any atom is -0.466 e. The van der Waals surface area contributed by atoms with Gasteiger partial charge < -0.3 is 43.0 Å². The third-order valence-corrected chi connectivity index (χ3v) is 14.7. The minimum absolute atomic E-state index is 0.00915. The van der Waals surface area contributed by atoms with Gasteiger partial charge in [-0.1, -0.05) is 250 Å². The molecule has 0 radical (unpaired) electrons. The van der Waals surface area contributed by atoms with Crippen LogP contribution in [0.25, 0.3) is 0 Å². The van der Waals surface area contributed by atoms with E-state index in [1.54, 1.807) is 0 Å². The van der Waals surface area contributed by atoms with Crippen LogP contribution in [0.2, 0.25) is 0 Å². The van der Waals surface area contributed by atoms with E-state index in [0.717, 1.165) is 116 Å². The van der Waals surface area contributed by atoms with Crippen LogP contribution < -0.4 is 0 Å². The fourth-order valence-electron chi connectivity index (χ4n) is 9.40. The molecule has 0 aromatic heterocycles. The van der Waals surface area contributed by atoms with Gasteiger partial charge in [0.05, 0.1) is 38.5 Å². The Balaban J connectivity index is -0.00000335. The van der Waals surface area contributed by atoms with E-state index in [2.05, 4.69) is 34.6 Å². The van der Waals surface area contributed by atoms with Crippen molar-refractivity contribution in [2.24, 2.45) is 0 Å². The summed E-state index contributed by atoms with van der Waals surface area (Å²) in [5.74, 6) is -6.10. The molecule has 0 aliphatic carbocycles. The summed E-state index contributed by atoms with van der Waals surface area (Å²) in [6, 6.07) is -1.20. The topological polar surface area (TPSA) is 208 Å². The van der Waals surface area contributed by atoms with Crippen molar-refractivity contribution in [3.63, 3.8) is 0 Å². The van der Waals surface area contributed by atoms with Gasteiger partial charge in [-0.25, -0.2) is 9.59 Å². The summed E-state index contributed by atoms with van der Waals surface area (Å²) >= 11 is 0. The van der Waals surface area contributed by atoms with Crippen LogP contribution in [-0.2, 0) is 71.5 Å². The van der Waals surface area contributed by atoms with E-state index in [4.69, 9.17) is 33.2 Å². The molecular weight excluding hydrogens is 1130 g/mol. The standard InChI is InChI=1S/C62H112N2O15.C6H14.2C2H6/c1-9-15-20-23-25-27-29-34-45-73-59(69)47-53(78-56(66)39-31-18-12-4)61(71)75-49-51(64(44-36-43-63(7)8)55(65)41-42-58(68)77-52(37-14-6)38-33-22-17-11-3)50-76-62(72)54(79-57(67)40-32-19-13-5)48-60(70)74-46-35-30-28-26-24-21-16-10-2;1-3-5-6-4-2;2*1-2/h51-54H,9-50H2,1-8H3;3-6H2,1-2H3;2*1-2H3. The minimum atomic E-state index is -1.68. The van der Waals surface area contributed by atoms with E-state index in [0.29, 0.717) is 45.1 Å². The second-order valence-electron chi connectivity index (χ2n) is 23.3. The lowest BCUT2D eigenvalue weighted by molar-refractivity contribution is -0.176. The molecule has 0 aliphatic rings. The molecule has 3 unspecified atom stereocenters. The third kappa shape index (κ3) is 59.8. The fourth-order valence-corrected chi connectivity index (χ4v) is 9.40. The van der Waals surface area contributed by atoms with Crippen molar-refractivity contribution in [3.05, 3.63) is 0 Å². The average Bonchev–Trinajstić information content (AvgIpc) is 2.61. The van der Waals surface area contributed by atoms with Gasteiger partial charge >= 0.3 is 41.8 Å². The van der Waals surface area contributed by atoms with Crippen LogP contribution >= 0.6 is 0 Å². The monoisotopic (exact) mass is 1270 g/mol. The first-order chi connectivity index (χ1) is 43.1. The van der Waals surface area contributed by atoms with Crippen molar-refractivity contribution in [1.82, 2.24) is 9.80 Å². The summed E-state index contributed by atoms with van der Waals surface area (Å²) < 4.78 is 39.6. The quantitative estimate of drug-likeness (QED) is 0.0315. The second-order valence-corrected chi connectivity index (χ2v) is 23.3. The van der Waals surface area contributed by atoms with Crippen LogP contribution in [0.5, 0.6) is 0 Å². The average molecular weight is 1270 g/mol. The maximum Gasteiger partial charge on any atom is 0.348 e. The Hall–Kier alpha value is -4.28. The van der Waals surface area contributed by atoms with Crippen molar-refractivity contribution >= 4 is 47.7 Å². The highest BCUT2D eigenvalue weighted by atomic mass is 16.6. The Morgan fingerprint density at radius 2 is 0.674 bits per heavy atom. The molecule has 17 heteroatoms. The van der Waals surface area contributed by atoms with E-state index in [9.17, 15) is 38.4 Å². The number of esters is 7. The fraction of sp³-hybridized carbons (Fsp3) is 0.889. The Morgan fingerprint density at radius 3 is 1.06 bits per heavy atom. The van der Waals surface area contributed by atoms with Gasteiger partial charge in [0.25, 0.3) is 0 Å². The molecule has 0 saturated heterocycles. The number of nitrogens with zero attached hydrogens (tertiary/aromatic N) is 2. The molecule has 526 valence electrons. The highest BCUT2D eigenvalue weighted by Crippen LogP contribution is 2.19. The molecule has 0 aliphatic heterocycles. The van der Waals surface area contributed by atoms with Gasteiger partial charge in [0, 0.05) is 25.8 Å². The van der Waals surface area contributed by atoms with Gasteiger partial charge in [0.1, 0.15) is 19.3 Å². The summed E-state index contributed by atoms with van der Waals surface area (Å²) in [6.07, 6.45) is 27.8. The number of carbonyl (C=O) groups is 8. The molecule has 0 saturated carbocycles. The van der Waals surface area contributed by atoms with Crippen molar-refractivity contribution in [2.45, 2.75) is 364 Å². The first-order valence-corrected chi connectivity index (χ1v) is 36.2. The maximum atomic E-state index is 14.4. The summed E-state index contributed by atoms with van der Waals surface area (Å²) in [4.78, 5) is 112. The highest BCUT2D eigenvalue weighted by molar-refractivity contribution is 5.86. The number of ether oxygens (including phenoxy) is 7. The lowest BCUT2D eigenvalue weighted by Gasteiger charge is -2.32. The number of hydrogen-bond donors (Lipinski definition) is 0. The van der Waals surface area contributed by atoms with Crippen molar-refractivity contribution < 1.29 is 71.5 Å². The first kappa shape index (κ1) is 91.1. The van der Waals surface area contributed by atoms with Crippen molar-refractivity contribution in [1.29, 1.82) is 0 Å². The summed E-state index contributed by atoms with van der Waals surface area (Å²) in [6.45, 7) is 24.6. The van der Waals surface area contributed by atoms with Gasteiger partial charge in [-0.3, -0.25) is 28.8 Å². The molecule has 3 atom stereocenters. The zero-order valence-electron chi connectivity index (χ0n) is 59.9. The third-order valence-electron chi connectivity index (χ3n) is 14.7. The first-order valence-electron chi connectivity index (χ1n) is 36.2. The zero-order chi connectivity index (χ0) is 67.6. The largest absolute Gasteiger partial charge is 0.466 e. The van der Waals surface area contributed by atoms with E-state index in [1.807, 2.05) is 67.5 Å². The van der Waals surface area contributed by atoms with Crippen molar-refractivity contribution in [3.8, 4) is 0 Å². The van der Waals surface area contributed by atoms with Gasteiger partial charge in [-0.05, 0) is 72.0 Å². The number of hydrogen-bond acceptors (Lipinski definition) is 16. The second kappa shape index (κ2) is 69.6. The molecule has 0 rings (SSSR count). The van der Waals surface area contributed by atoms with E-state index >= 15 is 0 Å². The van der Waals surface area contributed by atoms with Gasteiger partial charge in [0.2, 0.25) is 18.1 Å². The Morgan fingerprint density at radius 1 is 0.326 bits per heavy atom. The summed E-state index contributed by atoms with van der Waals surface area (Å²) in [5.41, 5.74) is 0. The highest BCUT2D eigenvalue weighted by Gasteiger charge is 2.34. The molecule has 0 heterocycles. The lowest BCUT2D eigenvalue weighted by Crippen LogP contribution is -2.48. The molecule has 0 bridgehead atoms. The van der Waals surface area contributed by atoms with Gasteiger partial charge in [-0.15, -0.1) is 0 Å². The number of rotatable bonds is 57. The Bertz CT molecular complexity index is 1590. The molecule has 0 aromatic rings. The van der Waals surface area contributed by atoms with Crippen LogP contribution in [0.15, 0.2) is 0 Å². The summed E-state index contributed by atoms with van der Waals surface area (Å²) in [5, 5.41) is 0. The normalized spacial score (nSPS) is 12.0. The van der Waals surface area contributed by atoms with E-state index in [-0.39, 0.29) is 51.5 Å². The zero-order valence-corrected chi connectivity index (χ0v) is 59.9. The number of carbonyl (C=O) groups excluding carboxylic acids is 8. The molecule has 0 spiro atoms. The van der Waals surface area contributed by atoms with E-state index < -0.39 is 92.0 Å². The molecule has 17 nitrogen and oxygen atoms in total. The van der Waals surface area contributed by atoms with E-state index in [1.165, 1.54) is 69.1 Å². The van der Waals surface area contributed by atoms with Crippen LogP contribution in [0.3, 0.4) is 0 Å². The molecule has 1 amide bonds. The molecule has 89 heavy (non-hydrogen) atoms. The van der Waals surface area contributed by atoms with Crippen LogP contribution in [-0.4, -0.2) is 135 Å².